The normalized spacial score (nSPS) is 20.0. The zero-order chi connectivity index (χ0) is 20.9. The van der Waals surface area contributed by atoms with E-state index in [2.05, 4.69) is 5.10 Å². The van der Waals surface area contributed by atoms with Crippen LogP contribution in [0.5, 0.6) is 0 Å². The Morgan fingerprint density at radius 2 is 1.96 bits per heavy atom. The minimum absolute atomic E-state index is 0.0395. The van der Waals surface area contributed by atoms with E-state index in [9.17, 15) is 18.0 Å². The van der Waals surface area contributed by atoms with Crippen molar-refractivity contribution in [2.45, 2.75) is 51.3 Å². The van der Waals surface area contributed by atoms with Crippen LogP contribution in [0.15, 0.2) is 28.0 Å². The molecule has 1 N–H and O–H groups in total. The Balaban J connectivity index is 2.23. The van der Waals surface area contributed by atoms with E-state index in [-0.39, 0.29) is 27.9 Å². The standard InChI is InChI=1S/C20H26N2O4S2/c1-6-22-19(24)14(10-21-22)17(23)13-8-9-15-16(12(13)3)18(27-7-2)20(4,5)11-28(15,25)26/h8-10,18,21H,6-7,11H2,1-5H3. The number of hydrogen-bond donors (Lipinski definition) is 1. The number of sulfone groups is 1. The van der Waals surface area contributed by atoms with Gasteiger partial charge in [0.1, 0.15) is 5.56 Å². The van der Waals surface area contributed by atoms with Gasteiger partial charge in [-0.15, -0.1) is 0 Å². The first-order chi connectivity index (χ1) is 13.0. The average molecular weight is 423 g/mol. The van der Waals surface area contributed by atoms with Crippen LogP contribution in [-0.2, 0) is 16.4 Å². The lowest BCUT2D eigenvalue weighted by Gasteiger charge is -2.40. The Morgan fingerprint density at radius 3 is 2.54 bits per heavy atom. The predicted octanol–water partition coefficient (Wildman–Crippen LogP) is 3.34. The Hall–Kier alpha value is -1.80. The van der Waals surface area contributed by atoms with Gasteiger partial charge in [0.25, 0.3) is 5.56 Å². The third-order valence-corrected chi connectivity index (χ3v) is 9.01. The summed E-state index contributed by atoms with van der Waals surface area (Å²) in [5.41, 5.74) is 0.989. The largest absolute Gasteiger partial charge is 0.302 e. The first-order valence-electron chi connectivity index (χ1n) is 9.36. The zero-order valence-electron chi connectivity index (χ0n) is 16.8. The van der Waals surface area contributed by atoms with Gasteiger partial charge < -0.3 is 5.10 Å². The van der Waals surface area contributed by atoms with Gasteiger partial charge in [0, 0.05) is 23.6 Å². The zero-order valence-corrected chi connectivity index (χ0v) is 18.5. The maximum Gasteiger partial charge on any atom is 0.277 e. The van der Waals surface area contributed by atoms with Crippen LogP contribution < -0.4 is 5.56 Å². The van der Waals surface area contributed by atoms with Crippen molar-refractivity contribution < 1.29 is 13.2 Å². The van der Waals surface area contributed by atoms with Crippen LogP contribution >= 0.6 is 11.8 Å². The van der Waals surface area contributed by atoms with Crippen molar-refractivity contribution in [3.8, 4) is 0 Å². The van der Waals surface area contributed by atoms with Crippen LogP contribution in [0.4, 0.5) is 0 Å². The smallest absolute Gasteiger partial charge is 0.277 e. The van der Waals surface area contributed by atoms with E-state index < -0.39 is 15.3 Å². The molecule has 3 rings (SSSR count). The highest BCUT2D eigenvalue weighted by atomic mass is 32.2. The molecule has 1 unspecified atom stereocenters. The third kappa shape index (κ3) is 3.26. The van der Waals surface area contributed by atoms with Gasteiger partial charge >= 0.3 is 0 Å². The Morgan fingerprint density at radius 1 is 1.29 bits per heavy atom. The number of hydrogen-bond acceptors (Lipinski definition) is 5. The van der Waals surface area contributed by atoms with E-state index in [0.717, 1.165) is 5.75 Å². The number of H-pyrrole nitrogens is 1. The molecule has 0 aliphatic carbocycles. The molecule has 2 heterocycles. The molecule has 28 heavy (non-hydrogen) atoms. The number of benzene rings is 1. The summed E-state index contributed by atoms with van der Waals surface area (Å²) in [5.74, 6) is 0.537. The predicted molar refractivity (Wildman–Crippen MR) is 112 cm³/mol. The van der Waals surface area contributed by atoms with Gasteiger partial charge in [-0.3, -0.25) is 14.3 Å². The fraction of sp³-hybridized carbons (Fsp3) is 0.500. The first kappa shape index (κ1) is 20.9. The van der Waals surface area contributed by atoms with Gasteiger partial charge in [-0.25, -0.2) is 8.42 Å². The molecule has 8 heteroatoms. The van der Waals surface area contributed by atoms with Gasteiger partial charge in [0.2, 0.25) is 0 Å². The van der Waals surface area contributed by atoms with Crippen LogP contribution in [0, 0.1) is 12.3 Å². The Bertz CT molecular complexity index is 1090. The number of aromatic amines is 1. The molecule has 2 aromatic rings. The van der Waals surface area contributed by atoms with Crippen molar-refractivity contribution in [1.29, 1.82) is 0 Å². The van der Waals surface area contributed by atoms with Crippen LogP contribution in [0.1, 0.15) is 60.0 Å². The van der Waals surface area contributed by atoms with Crippen molar-refractivity contribution in [3.05, 3.63) is 50.9 Å². The second-order valence-corrected chi connectivity index (χ2v) is 11.1. The molecule has 0 amide bonds. The minimum Gasteiger partial charge on any atom is -0.302 e. The summed E-state index contributed by atoms with van der Waals surface area (Å²) in [4.78, 5) is 25.8. The van der Waals surface area contributed by atoms with Crippen molar-refractivity contribution in [2.75, 3.05) is 11.5 Å². The molecule has 6 nitrogen and oxygen atoms in total. The number of ketones is 1. The fourth-order valence-electron chi connectivity index (χ4n) is 4.01. The monoisotopic (exact) mass is 422 g/mol. The number of aryl methyl sites for hydroxylation is 1. The molecule has 0 saturated carbocycles. The van der Waals surface area contributed by atoms with Gasteiger partial charge in [0.05, 0.1) is 10.6 Å². The first-order valence-corrected chi connectivity index (χ1v) is 12.1. The van der Waals surface area contributed by atoms with Crippen molar-refractivity contribution in [2.24, 2.45) is 5.41 Å². The number of rotatable bonds is 5. The molecule has 1 atom stereocenters. The SMILES string of the molecule is CCSC1c2c(ccc(C(=O)c3c[nH]n(CC)c3=O)c2C)S(=O)(=O)CC1(C)C. The van der Waals surface area contributed by atoms with Crippen molar-refractivity contribution in [1.82, 2.24) is 9.78 Å². The second kappa shape index (κ2) is 7.22. The molecule has 1 aliphatic rings. The summed E-state index contributed by atoms with van der Waals surface area (Å²) in [7, 11) is -3.44. The summed E-state index contributed by atoms with van der Waals surface area (Å²) in [6.07, 6.45) is 1.42. The number of carbonyl (C=O) groups is 1. The lowest BCUT2D eigenvalue weighted by molar-refractivity contribution is 0.103. The maximum atomic E-state index is 13.1. The summed E-state index contributed by atoms with van der Waals surface area (Å²) in [6.45, 7) is 10.0. The highest BCUT2D eigenvalue weighted by Gasteiger charge is 2.44. The van der Waals surface area contributed by atoms with Crippen LogP contribution in [0.25, 0.3) is 0 Å². The minimum atomic E-state index is -3.44. The number of nitrogens with one attached hydrogen (secondary N) is 1. The van der Waals surface area contributed by atoms with Crippen LogP contribution in [0.2, 0.25) is 0 Å². The quantitative estimate of drug-likeness (QED) is 0.747. The molecular weight excluding hydrogens is 396 g/mol. The van der Waals surface area contributed by atoms with E-state index in [0.29, 0.717) is 28.1 Å². The molecular formula is C20H26N2O4S2. The van der Waals surface area contributed by atoms with E-state index in [1.54, 1.807) is 24.8 Å². The number of fused-ring (bicyclic) bond motifs is 1. The molecule has 0 saturated heterocycles. The topological polar surface area (TPSA) is 89.0 Å². The molecule has 1 aliphatic heterocycles. The number of carbonyl (C=O) groups excluding carboxylic acids is 1. The van der Waals surface area contributed by atoms with Gasteiger partial charge in [-0.1, -0.05) is 20.8 Å². The third-order valence-electron chi connectivity index (χ3n) is 5.32. The van der Waals surface area contributed by atoms with Crippen molar-refractivity contribution >= 4 is 27.4 Å². The Kier molecular flexibility index (Phi) is 5.40. The van der Waals surface area contributed by atoms with Crippen molar-refractivity contribution in [3.63, 3.8) is 0 Å². The molecule has 0 fully saturated rings. The lowest BCUT2D eigenvalue weighted by atomic mass is 9.83. The second-order valence-electron chi connectivity index (χ2n) is 7.80. The van der Waals surface area contributed by atoms with Gasteiger partial charge in [0.15, 0.2) is 15.6 Å². The molecule has 0 radical (unpaired) electrons. The van der Waals surface area contributed by atoms with E-state index in [1.165, 1.54) is 16.9 Å². The molecule has 0 bridgehead atoms. The van der Waals surface area contributed by atoms with E-state index in [4.69, 9.17) is 0 Å². The van der Waals surface area contributed by atoms with Crippen LogP contribution in [0.3, 0.4) is 0 Å². The number of thioether (sulfide) groups is 1. The summed E-state index contributed by atoms with van der Waals surface area (Å²) >= 11 is 1.70. The molecule has 0 spiro atoms. The fourth-order valence-corrected chi connectivity index (χ4v) is 7.71. The lowest BCUT2D eigenvalue weighted by Crippen LogP contribution is -2.36. The van der Waals surface area contributed by atoms with Gasteiger partial charge in [-0.2, -0.15) is 11.8 Å². The molecule has 152 valence electrons. The number of nitrogens with zero attached hydrogens (tertiary/aromatic N) is 1. The van der Waals surface area contributed by atoms with E-state index >= 15 is 0 Å². The van der Waals surface area contributed by atoms with Gasteiger partial charge in [-0.05, 0) is 48.3 Å². The Labute approximate surface area is 169 Å². The summed E-state index contributed by atoms with van der Waals surface area (Å²) < 4.78 is 27.1. The molecule has 1 aromatic heterocycles. The highest BCUT2D eigenvalue weighted by molar-refractivity contribution is 7.99. The molecule has 1 aromatic carbocycles. The van der Waals surface area contributed by atoms with Crippen LogP contribution in [-0.4, -0.2) is 35.5 Å². The average Bonchev–Trinajstić information content (AvgIpc) is 2.98. The van der Waals surface area contributed by atoms with E-state index in [1.807, 2.05) is 27.7 Å². The highest BCUT2D eigenvalue weighted by Crippen LogP contribution is 2.52. The summed E-state index contributed by atoms with van der Waals surface area (Å²) in [6, 6.07) is 3.08. The number of aromatic nitrogens is 2. The maximum absolute atomic E-state index is 13.1. The summed E-state index contributed by atoms with van der Waals surface area (Å²) in [5, 5.41) is 2.76.